The van der Waals surface area contributed by atoms with Gasteiger partial charge in [0.15, 0.2) is 0 Å². The molecule has 0 bridgehead atoms. The number of hydrogen-bond donors (Lipinski definition) is 1. The van der Waals surface area contributed by atoms with Gasteiger partial charge >= 0.3 is 0 Å². The van der Waals surface area contributed by atoms with Gasteiger partial charge in [-0.2, -0.15) is 0 Å². The minimum atomic E-state index is 0.561. The van der Waals surface area contributed by atoms with Gasteiger partial charge in [0, 0.05) is 12.6 Å². The Bertz CT molecular complexity index is 451. The Balaban J connectivity index is 2.02. The average Bonchev–Trinajstić information content (AvgIpc) is 2.63. The molecule has 0 spiro atoms. The molecule has 1 aromatic carbocycles. The summed E-state index contributed by atoms with van der Waals surface area (Å²) in [5.41, 5.74) is 2.29. The van der Waals surface area contributed by atoms with Gasteiger partial charge in [0.05, 0.1) is 6.54 Å². The standard InChI is InChI=1S/C11H13N3O/c1-8-5-3-4-6-10(8)12-7-11-14-13-9(2)15-11/h3-6,12H,7H2,1-2H3. The maximum Gasteiger partial charge on any atom is 0.235 e. The van der Waals surface area contributed by atoms with Crippen LogP contribution in [-0.2, 0) is 6.54 Å². The summed E-state index contributed by atoms with van der Waals surface area (Å²) in [4.78, 5) is 0. The third-order valence-electron chi connectivity index (χ3n) is 2.14. The van der Waals surface area contributed by atoms with Crippen LogP contribution in [0.2, 0.25) is 0 Å². The molecule has 0 aliphatic heterocycles. The Morgan fingerprint density at radius 2 is 2.00 bits per heavy atom. The van der Waals surface area contributed by atoms with Crippen LogP contribution in [0.3, 0.4) is 0 Å². The zero-order valence-corrected chi connectivity index (χ0v) is 8.82. The molecule has 1 aromatic heterocycles. The third-order valence-corrected chi connectivity index (χ3v) is 2.14. The lowest BCUT2D eigenvalue weighted by atomic mass is 10.2. The minimum Gasteiger partial charge on any atom is -0.424 e. The van der Waals surface area contributed by atoms with Gasteiger partial charge in [-0.15, -0.1) is 10.2 Å². The Hall–Kier alpha value is -1.84. The number of rotatable bonds is 3. The van der Waals surface area contributed by atoms with Crippen molar-refractivity contribution in [3.63, 3.8) is 0 Å². The summed E-state index contributed by atoms with van der Waals surface area (Å²) in [5, 5.41) is 10.9. The summed E-state index contributed by atoms with van der Waals surface area (Å²) in [6.07, 6.45) is 0. The van der Waals surface area contributed by atoms with Gasteiger partial charge in [-0.25, -0.2) is 0 Å². The largest absolute Gasteiger partial charge is 0.424 e. The Morgan fingerprint density at radius 1 is 1.20 bits per heavy atom. The van der Waals surface area contributed by atoms with Crippen molar-refractivity contribution in [3.05, 3.63) is 41.6 Å². The third kappa shape index (κ3) is 2.34. The molecule has 1 heterocycles. The van der Waals surface area contributed by atoms with E-state index in [-0.39, 0.29) is 0 Å². The maximum absolute atomic E-state index is 5.26. The van der Waals surface area contributed by atoms with E-state index in [4.69, 9.17) is 4.42 Å². The lowest BCUT2D eigenvalue weighted by Gasteiger charge is -2.06. The van der Waals surface area contributed by atoms with Gasteiger partial charge in [-0.05, 0) is 18.6 Å². The first-order chi connectivity index (χ1) is 7.25. The van der Waals surface area contributed by atoms with Gasteiger partial charge in [-0.3, -0.25) is 0 Å². The van der Waals surface area contributed by atoms with Crippen molar-refractivity contribution in [2.45, 2.75) is 20.4 Å². The quantitative estimate of drug-likeness (QED) is 0.831. The number of aryl methyl sites for hydroxylation is 2. The van der Waals surface area contributed by atoms with E-state index < -0.39 is 0 Å². The average molecular weight is 203 g/mol. The summed E-state index contributed by atoms with van der Waals surface area (Å²) in [6.45, 7) is 4.40. The zero-order valence-electron chi connectivity index (χ0n) is 8.82. The van der Waals surface area contributed by atoms with Crippen LogP contribution in [0.25, 0.3) is 0 Å². The number of hydrogen-bond acceptors (Lipinski definition) is 4. The molecular weight excluding hydrogens is 190 g/mol. The molecule has 15 heavy (non-hydrogen) atoms. The van der Waals surface area contributed by atoms with E-state index in [0.29, 0.717) is 18.3 Å². The molecule has 2 rings (SSSR count). The molecule has 0 aliphatic rings. The molecule has 0 fully saturated rings. The molecule has 1 N–H and O–H groups in total. The fraction of sp³-hybridized carbons (Fsp3) is 0.273. The van der Waals surface area contributed by atoms with Crippen molar-refractivity contribution < 1.29 is 4.42 Å². The van der Waals surface area contributed by atoms with E-state index in [2.05, 4.69) is 28.5 Å². The fourth-order valence-electron chi connectivity index (χ4n) is 1.35. The van der Waals surface area contributed by atoms with Crippen molar-refractivity contribution in [1.82, 2.24) is 10.2 Å². The van der Waals surface area contributed by atoms with E-state index in [0.717, 1.165) is 5.69 Å². The summed E-state index contributed by atoms with van der Waals surface area (Å²) in [5.74, 6) is 1.20. The first-order valence-corrected chi connectivity index (χ1v) is 4.84. The van der Waals surface area contributed by atoms with Gasteiger partial charge in [-0.1, -0.05) is 18.2 Å². The van der Waals surface area contributed by atoms with Crippen LogP contribution in [0.15, 0.2) is 28.7 Å². The zero-order chi connectivity index (χ0) is 10.7. The molecule has 0 aliphatic carbocycles. The Morgan fingerprint density at radius 3 is 2.67 bits per heavy atom. The van der Waals surface area contributed by atoms with Crippen LogP contribution in [0, 0.1) is 13.8 Å². The van der Waals surface area contributed by atoms with Crippen molar-refractivity contribution >= 4 is 5.69 Å². The van der Waals surface area contributed by atoms with Crippen LogP contribution in [0.4, 0.5) is 5.69 Å². The van der Waals surface area contributed by atoms with Crippen molar-refractivity contribution in [2.24, 2.45) is 0 Å². The molecule has 0 saturated carbocycles. The second-order valence-corrected chi connectivity index (χ2v) is 3.38. The first-order valence-electron chi connectivity index (χ1n) is 4.84. The number of anilines is 1. The van der Waals surface area contributed by atoms with Crippen LogP contribution in [0.5, 0.6) is 0 Å². The van der Waals surface area contributed by atoms with E-state index in [1.54, 1.807) is 6.92 Å². The highest BCUT2D eigenvalue weighted by molar-refractivity contribution is 5.49. The summed E-state index contributed by atoms with van der Waals surface area (Å²) >= 11 is 0. The van der Waals surface area contributed by atoms with Crippen LogP contribution in [-0.4, -0.2) is 10.2 Å². The second kappa shape index (κ2) is 4.13. The predicted molar refractivity (Wildman–Crippen MR) is 57.5 cm³/mol. The highest BCUT2D eigenvalue weighted by Gasteiger charge is 2.02. The normalized spacial score (nSPS) is 10.3. The van der Waals surface area contributed by atoms with E-state index in [9.17, 15) is 0 Å². The van der Waals surface area contributed by atoms with E-state index in [1.165, 1.54) is 5.56 Å². The molecule has 4 nitrogen and oxygen atoms in total. The van der Waals surface area contributed by atoms with E-state index >= 15 is 0 Å². The van der Waals surface area contributed by atoms with Crippen LogP contribution >= 0.6 is 0 Å². The van der Waals surface area contributed by atoms with Crippen LogP contribution < -0.4 is 5.32 Å². The van der Waals surface area contributed by atoms with Gasteiger partial charge in [0.2, 0.25) is 11.8 Å². The molecule has 0 atom stereocenters. The summed E-state index contributed by atoms with van der Waals surface area (Å²) in [6, 6.07) is 8.09. The molecule has 78 valence electrons. The monoisotopic (exact) mass is 203 g/mol. The second-order valence-electron chi connectivity index (χ2n) is 3.38. The topological polar surface area (TPSA) is 51.0 Å². The number of para-hydroxylation sites is 1. The molecule has 0 amide bonds. The lowest BCUT2D eigenvalue weighted by Crippen LogP contribution is -2.00. The number of benzene rings is 1. The number of nitrogens with one attached hydrogen (secondary N) is 1. The highest BCUT2D eigenvalue weighted by atomic mass is 16.4. The highest BCUT2D eigenvalue weighted by Crippen LogP contribution is 2.13. The summed E-state index contributed by atoms with van der Waals surface area (Å²) < 4.78 is 5.26. The maximum atomic E-state index is 5.26. The summed E-state index contributed by atoms with van der Waals surface area (Å²) in [7, 11) is 0. The molecule has 0 radical (unpaired) electrons. The van der Waals surface area contributed by atoms with Gasteiger partial charge < -0.3 is 9.73 Å². The molecular formula is C11H13N3O. The smallest absolute Gasteiger partial charge is 0.235 e. The Kier molecular flexibility index (Phi) is 2.67. The fourth-order valence-corrected chi connectivity index (χ4v) is 1.35. The van der Waals surface area contributed by atoms with Crippen molar-refractivity contribution in [2.75, 3.05) is 5.32 Å². The number of nitrogens with zero attached hydrogens (tertiary/aromatic N) is 2. The van der Waals surface area contributed by atoms with Gasteiger partial charge in [0.25, 0.3) is 0 Å². The molecule has 0 unspecified atom stereocenters. The molecule has 4 heteroatoms. The number of aromatic nitrogens is 2. The first kappa shape index (κ1) is 9.71. The van der Waals surface area contributed by atoms with Crippen molar-refractivity contribution in [1.29, 1.82) is 0 Å². The molecule has 0 saturated heterocycles. The van der Waals surface area contributed by atoms with Crippen LogP contribution in [0.1, 0.15) is 17.3 Å². The SMILES string of the molecule is Cc1nnc(CNc2ccccc2C)o1. The Labute approximate surface area is 88.3 Å². The predicted octanol–water partition coefficient (Wildman–Crippen LogP) is 2.30. The minimum absolute atomic E-state index is 0.561. The van der Waals surface area contributed by atoms with E-state index in [1.807, 2.05) is 18.2 Å². The lowest BCUT2D eigenvalue weighted by molar-refractivity contribution is 0.475. The van der Waals surface area contributed by atoms with Crippen molar-refractivity contribution in [3.8, 4) is 0 Å². The van der Waals surface area contributed by atoms with Gasteiger partial charge in [0.1, 0.15) is 0 Å². The molecule has 2 aromatic rings.